The first kappa shape index (κ1) is 14.6. The van der Waals surface area contributed by atoms with Gasteiger partial charge in [0, 0.05) is 6.54 Å². The molecule has 0 saturated heterocycles. The van der Waals surface area contributed by atoms with Crippen molar-refractivity contribution in [2.24, 2.45) is 0 Å². The van der Waals surface area contributed by atoms with Crippen molar-refractivity contribution in [3.8, 4) is 5.75 Å². The summed E-state index contributed by atoms with van der Waals surface area (Å²) < 4.78 is 5.17. The lowest BCUT2D eigenvalue weighted by Crippen LogP contribution is -2.13. The molecule has 0 aliphatic rings. The third-order valence-corrected chi connectivity index (χ3v) is 2.80. The number of benzene rings is 1. The van der Waals surface area contributed by atoms with Gasteiger partial charge in [0.05, 0.1) is 24.6 Å². The molecule has 0 fully saturated rings. The number of hydrogen-bond acceptors (Lipinski definition) is 4. The van der Waals surface area contributed by atoms with Crippen molar-refractivity contribution in [2.75, 3.05) is 24.3 Å². The summed E-state index contributed by atoms with van der Waals surface area (Å²) in [6.07, 6.45) is 3.35. The molecule has 0 bridgehead atoms. The normalized spacial score (nSPS) is 9.76. The number of hydrogen-bond donors (Lipinski definition) is 2. The van der Waals surface area contributed by atoms with Gasteiger partial charge in [0.2, 0.25) is 0 Å². The number of ether oxygens (including phenoxy) is 1. The summed E-state index contributed by atoms with van der Waals surface area (Å²) in [5, 5.41) is 5.85. The van der Waals surface area contributed by atoms with E-state index in [0.717, 1.165) is 5.82 Å². The Morgan fingerprint density at radius 1 is 1.33 bits per heavy atom. The third-order valence-electron chi connectivity index (χ3n) is 2.80. The molecule has 0 aliphatic heterocycles. The molecule has 2 rings (SSSR count). The van der Waals surface area contributed by atoms with Crippen LogP contribution in [0.4, 0.5) is 11.5 Å². The van der Waals surface area contributed by atoms with Crippen molar-refractivity contribution in [1.82, 2.24) is 4.98 Å². The molecule has 1 amide bonds. The fourth-order valence-corrected chi connectivity index (χ4v) is 1.78. The van der Waals surface area contributed by atoms with Crippen LogP contribution in [0.5, 0.6) is 5.75 Å². The van der Waals surface area contributed by atoms with Crippen LogP contribution in [0.2, 0.25) is 0 Å². The van der Waals surface area contributed by atoms with E-state index in [9.17, 15) is 4.79 Å². The van der Waals surface area contributed by atoms with Crippen molar-refractivity contribution < 1.29 is 9.53 Å². The van der Waals surface area contributed by atoms with Gasteiger partial charge < -0.3 is 15.4 Å². The number of nitrogens with one attached hydrogen (secondary N) is 2. The van der Waals surface area contributed by atoms with E-state index in [2.05, 4.69) is 22.2 Å². The van der Waals surface area contributed by atoms with Crippen molar-refractivity contribution in [2.45, 2.75) is 0 Å². The molecule has 1 heterocycles. The molecule has 0 atom stereocenters. The number of pyridine rings is 1. The summed E-state index contributed by atoms with van der Waals surface area (Å²) in [6, 6.07) is 10.6. The maximum atomic E-state index is 12.2. The van der Waals surface area contributed by atoms with Gasteiger partial charge in [-0.15, -0.1) is 6.58 Å². The first-order valence-electron chi connectivity index (χ1n) is 6.50. The molecule has 0 aliphatic carbocycles. The fraction of sp³-hybridized carbons (Fsp3) is 0.125. The Hall–Kier alpha value is -2.82. The standard InChI is InChI=1S/C16H17N3O2/c1-3-10-17-15-9-8-12(11-18-15)19-16(20)13-6-4-5-7-14(13)21-2/h3-9,11H,1,10H2,2H3,(H,17,18)(H,19,20). The van der Waals surface area contributed by atoms with E-state index in [-0.39, 0.29) is 5.91 Å². The molecule has 0 spiro atoms. The molecule has 0 unspecified atom stereocenters. The maximum absolute atomic E-state index is 12.2. The zero-order valence-electron chi connectivity index (χ0n) is 11.8. The minimum Gasteiger partial charge on any atom is -0.496 e. The van der Waals surface area contributed by atoms with Crippen LogP contribution in [-0.2, 0) is 0 Å². The highest BCUT2D eigenvalue weighted by atomic mass is 16.5. The molecule has 21 heavy (non-hydrogen) atoms. The van der Waals surface area contributed by atoms with Crippen LogP contribution < -0.4 is 15.4 Å². The predicted molar refractivity (Wildman–Crippen MR) is 83.9 cm³/mol. The van der Waals surface area contributed by atoms with Gasteiger partial charge in [-0.2, -0.15) is 0 Å². The average Bonchev–Trinajstić information content (AvgIpc) is 2.54. The Morgan fingerprint density at radius 2 is 2.14 bits per heavy atom. The van der Waals surface area contributed by atoms with Crippen LogP contribution in [0.25, 0.3) is 0 Å². The van der Waals surface area contributed by atoms with Gasteiger partial charge in [0.1, 0.15) is 11.6 Å². The topological polar surface area (TPSA) is 63.2 Å². The quantitative estimate of drug-likeness (QED) is 0.800. The second kappa shape index (κ2) is 7.09. The van der Waals surface area contributed by atoms with Gasteiger partial charge in [-0.05, 0) is 24.3 Å². The molecule has 2 N–H and O–H groups in total. The SMILES string of the molecule is C=CCNc1ccc(NC(=O)c2ccccc2OC)cn1. The van der Waals surface area contributed by atoms with Crippen molar-refractivity contribution in [3.63, 3.8) is 0 Å². The number of carbonyl (C=O) groups excluding carboxylic acids is 1. The Morgan fingerprint density at radius 3 is 2.81 bits per heavy atom. The van der Waals surface area contributed by atoms with Gasteiger partial charge in [0.25, 0.3) is 5.91 Å². The van der Waals surface area contributed by atoms with E-state index >= 15 is 0 Å². The van der Waals surface area contributed by atoms with Crippen molar-refractivity contribution in [1.29, 1.82) is 0 Å². The number of para-hydroxylation sites is 1. The summed E-state index contributed by atoms with van der Waals surface area (Å²) in [6.45, 7) is 4.26. The summed E-state index contributed by atoms with van der Waals surface area (Å²) in [7, 11) is 1.54. The van der Waals surface area contributed by atoms with E-state index in [1.807, 2.05) is 6.07 Å². The van der Waals surface area contributed by atoms with Crippen LogP contribution in [-0.4, -0.2) is 24.5 Å². The van der Waals surface area contributed by atoms with Gasteiger partial charge in [0.15, 0.2) is 0 Å². The molecule has 1 aromatic carbocycles. The summed E-state index contributed by atoms with van der Waals surface area (Å²) in [5.74, 6) is 1.03. The highest BCUT2D eigenvalue weighted by molar-refractivity contribution is 6.06. The number of methoxy groups -OCH3 is 1. The summed E-state index contributed by atoms with van der Waals surface area (Å²) in [5.41, 5.74) is 1.10. The Bertz CT molecular complexity index is 624. The minimum atomic E-state index is -0.235. The average molecular weight is 283 g/mol. The molecule has 0 radical (unpaired) electrons. The van der Waals surface area contributed by atoms with Crippen molar-refractivity contribution in [3.05, 3.63) is 60.8 Å². The molecule has 5 heteroatoms. The van der Waals surface area contributed by atoms with Gasteiger partial charge in [-0.25, -0.2) is 4.98 Å². The number of carbonyl (C=O) groups is 1. The van der Waals surface area contributed by atoms with E-state index in [1.165, 1.54) is 7.11 Å². The largest absolute Gasteiger partial charge is 0.496 e. The maximum Gasteiger partial charge on any atom is 0.259 e. The molecule has 108 valence electrons. The van der Waals surface area contributed by atoms with Crippen molar-refractivity contribution >= 4 is 17.4 Å². The number of anilines is 2. The van der Waals surface area contributed by atoms with Crippen LogP contribution in [0, 0.1) is 0 Å². The second-order valence-electron chi connectivity index (χ2n) is 4.26. The zero-order chi connectivity index (χ0) is 15.1. The number of amides is 1. The van der Waals surface area contributed by atoms with Crippen LogP contribution in [0.3, 0.4) is 0 Å². The molecule has 1 aromatic heterocycles. The van der Waals surface area contributed by atoms with E-state index in [0.29, 0.717) is 23.5 Å². The Balaban J connectivity index is 2.07. The van der Waals surface area contributed by atoms with Gasteiger partial charge in [-0.3, -0.25) is 4.79 Å². The van der Waals surface area contributed by atoms with Crippen LogP contribution in [0.1, 0.15) is 10.4 Å². The lowest BCUT2D eigenvalue weighted by molar-refractivity contribution is 0.102. The minimum absolute atomic E-state index is 0.235. The molecule has 2 aromatic rings. The fourth-order valence-electron chi connectivity index (χ4n) is 1.78. The zero-order valence-corrected chi connectivity index (χ0v) is 11.8. The Kier molecular flexibility index (Phi) is 4.93. The van der Waals surface area contributed by atoms with Crippen LogP contribution >= 0.6 is 0 Å². The predicted octanol–water partition coefficient (Wildman–Crippen LogP) is 2.94. The van der Waals surface area contributed by atoms with Gasteiger partial charge in [-0.1, -0.05) is 18.2 Å². The highest BCUT2D eigenvalue weighted by Gasteiger charge is 2.11. The number of aromatic nitrogens is 1. The van der Waals surface area contributed by atoms with E-state index < -0.39 is 0 Å². The third kappa shape index (κ3) is 3.82. The number of nitrogens with zero attached hydrogens (tertiary/aromatic N) is 1. The lowest BCUT2D eigenvalue weighted by Gasteiger charge is -2.09. The van der Waals surface area contributed by atoms with E-state index in [4.69, 9.17) is 4.74 Å². The smallest absolute Gasteiger partial charge is 0.259 e. The molecular formula is C16H17N3O2. The van der Waals surface area contributed by atoms with Crippen LogP contribution in [0.15, 0.2) is 55.3 Å². The highest BCUT2D eigenvalue weighted by Crippen LogP contribution is 2.19. The summed E-state index contributed by atoms with van der Waals surface area (Å²) >= 11 is 0. The molecule has 0 saturated carbocycles. The second-order valence-corrected chi connectivity index (χ2v) is 4.26. The first-order valence-corrected chi connectivity index (χ1v) is 6.50. The monoisotopic (exact) mass is 283 g/mol. The summed E-state index contributed by atoms with van der Waals surface area (Å²) in [4.78, 5) is 16.4. The molecule has 5 nitrogen and oxygen atoms in total. The Labute approximate surface area is 123 Å². The number of rotatable bonds is 6. The first-order chi connectivity index (χ1) is 10.2. The van der Waals surface area contributed by atoms with E-state index in [1.54, 1.807) is 42.6 Å². The van der Waals surface area contributed by atoms with Gasteiger partial charge >= 0.3 is 0 Å². The molecular weight excluding hydrogens is 266 g/mol. The lowest BCUT2D eigenvalue weighted by atomic mass is 10.2.